The van der Waals surface area contributed by atoms with Crippen LogP contribution < -0.4 is 0 Å². The summed E-state index contributed by atoms with van der Waals surface area (Å²) in [7, 11) is -3.17. The van der Waals surface area contributed by atoms with Crippen molar-refractivity contribution in [2.75, 3.05) is 65.3 Å². The van der Waals surface area contributed by atoms with Gasteiger partial charge in [-0.25, -0.2) is 8.42 Å². The van der Waals surface area contributed by atoms with Crippen LogP contribution in [0.2, 0.25) is 0 Å². The minimum atomic E-state index is -3.17. The number of hydrogen-bond donors (Lipinski definition) is 0. The smallest absolute Gasteiger partial charge is 0.242 e. The van der Waals surface area contributed by atoms with Crippen LogP contribution in [0, 0.1) is 5.92 Å². The van der Waals surface area contributed by atoms with Gasteiger partial charge in [-0.05, 0) is 18.8 Å². The second-order valence-corrected chi connectivity index (χ2v) is 9.83. The Bertz CT molecular complexity index is 624. The number of sulfonamides is 1. The van der Waals surface area contributed by atoms with Gasteiger partial charge in [0.15, 0.2) is 0 Å². The average molecular weight is 373 g/mol. The Balaban J connectivity index is 1.43. The maximum Gasteiger partial charge on any atom is 0.242 e. The molecule has 4 rings (SSSR count). The molecule has 3 aliphatic heterocycles. The fourth-order valence-corrected chi connectivity index (χ4v) is 4.89. The van der Waals surface area contributed by atoms with Gasteiger partial charge in [0.2, 0.25) is 15.9 Å². The molecule has 0 aromatic carbocycles. The van der Waals surface area contributed by atoms with Crippen molar-refractivity contribution in [3.05, 3.63) is 0 Å². The molecule has 25 heavy (non-hydrogen) atoms. The van der Waals surface area contributed by atoms with Crippen LogP contribution >= 0.6 is 0 Å². The van der Waals surface area contributed by atoms with Crippen LogP contribution in [0.5, 0.6) is 0 Å². The summed E-state index contributed by atoms with van der Waals surface area (Å²) in [6, 6.07) is -0.253. The predicted molar refractivity (Wildman–Crippen MR) is 90.6 cm³/mol. The first-order valence-corrected chi connectivity index (χ1v) is 10.9. The lowest BCUT2D eigenvalue weighted by Gasteiger charge is -2.55. The van der Waals surface area contributed by atoms with Gasteiger partial charge in [-0.1, -0.05) is 0 Å². The van der Waals surface area contributed by atoms with E-state index in [9.17, 15) is 13.2 Å². The zero-order valence-corrected chi connectivity index (χ0v) is 15.5. The summed E-state index contributed by atoms with van der Waals surface area (Å²) in [5.41, 5.74) is -0.445. The molecule has 0 unspecified atom stereocenters. The van der Waals surface area contributed by atoms with Crippen molar-refractivity contribution < 1.29 is 22.7 Å². The van der Waals surface area contributed by atoms with E-state index in [1.165, 1.54) is 23.4 Å². The molecule has 1 atom stereocenters. The van der Waals surface area contributed by atoms with E-state index < -0.39 is 15.6 Å². The fourth-order valence-electron chi connectivity index (χ4n) is 3.96. The SMILES string of the molecule is CS(=O)(=O)N1CC2(CN(CC3CC3)[C@@H](C(=O)N3CCOCC3)CO2)C1. The normalized spacial score (nSPS) is 31.1. The average Bonchev–Trinajstić information content (AvgIpc) is 3.36. The van der Waals surface area contributed by atoms with Gasteiger partial charge in [0.1, 0.15) is 11.6 Å². The third-order valence-corrected chi connectivity index (χ3v) is 6.87. The molecule has 0 aromatic rings. The van der Waals surface area contributed by atoms with Gasteiger partial charge >= 0.3 is 0 Å². The van der Waals surface area contributed by atoms with Crippen LogP contribution in [0.4, 0.5) is 0 Å². The van der Waals surface area contributed by atoms with Gasteiger partial charge in [0.25, 0.3) is 0 Å². The molecular weight excluding hydrogens is 346 g/mol. The number of nitrogens with zero attached hydrogens (tertiary/aromatic N) is 3. The van der Waals surface area contributed by atoms with Crippen LogP contribution in [-0.4, -0.2) is 105 Å². The molecule has 1 aliphatic carbocycles. The summed E-state index contributed by atoms with van der Waals surface area (Å²) in [4.78, 5) is 17.1. The molecule has 1 spiro atoms. The Kier molecular flexibility index (Phi) is 4.56. The van der Waals surface area contributed by atoms with E-state index >= 15 is 0 Å². The minimum absolute atomic E-state index is 0.123. The van der Waals surface area contributed by atoms with Crippen molar-refractivity contribution in [3.8, 4) is 0 Å². The van der Waals surface area contributed by atoms with Crippen molar-refractivity contribution in [1.29, 1.82) is 0 Å². The highest BCUT2D eigenvalue weighted by Gasteiger charge is 2.53. The standard InChI is InChI=1S/C16H27N3O5S/c1-25(21,22)19-11-16(12-19)10-18(8-13-2-3-13)14(9-24-16)15(20)17-4-6-23-7-5-17/h13-14H,2-12H2,1H3/t14-/m1/s1. The largest absolute Gasteiger partial charge is 0.378 e. The topological polar surface area (TPSA) is 79.4 Å². The maximum atomic E-state index is 12.9. The molecule has 0 bridgehead atoms. The molecule has 3 saturated heterocycles. The summed E-state index contributed by atoms with van der Waals surface area (Å²) < 4.78 is 36.2. The number of rotatable bonds is 4. The molecule has 1 saturated carbocycles. The molecule has 142 valence electrons. The van der Waals surface area contributed by atoms with Gasteiger partial charge in [0, 0.05) is 39.3 Å². The van der Waals surface area contributed by atoms with Crippen molar-refractivity contribution in [2.24, 2.45) is 5.92 Å². The van der Waals surface area contributed by atoms with Crippen LogP contribution in [0.1, 0.15) is 12.8 Å². The zero-order valence-electron chi connectivity index (χ0n) is 14.7. The van der Waals surface area contributed by atoms with E-state index in [-0.39, 0.29) is 11.9 Å². The van der Waals surface area contributed by atoms with Crippen LogP contribution in [-0.2, 0) is 24.3 Å². The highest BCUT2D eigenvalue weighted by molar-refractivity contribution is 7.88. The quantitative estimate of drug-likeness (QED) is 0.627. The minimum Gasteiger partial charge on any atom is -0.378 e. The number of morpholine rings is 2. The predicted octanol–water partition coefficient (Wildman–Crippen LogP) is -1.03. The maximum absolute atomic E-state index is 12.9. The monoisotopic (exact) mass is 373 g/mol. The summed E-state index contributed by atoms with van der Waals surface area (Å²) >= 11 is 0. The molecule has 0 N–H and O–H groups in total. The molecule has 4 aliphatic rings. The molecule has 0 radical (unpaired) electrons. The van der Waals surface area contributed by atoms with Gasteiger partial charge in [0.05, 0.1) is 26.1 Å². The number of carbonyl (C=O) groups is 1. The molecule has 0 aromatic heterocycles. The molecule has 4 fully saturated rings. The fraction of sp³-hybridized carbons (Fsp3) is 0.938. The molecule has 3 heterocycles. The lowest BCUT2D eigenvalue weighted by Crippen LogP contribution is -2.73. The lowest BCUT2D eigenvalue weighted by atomic mass is 9.92. The number of ether oxygens (including phenoxy) is 2. The summed E-state index contributed by atoms with van der Waals surface area (Å²) in [5.74, 6) is 0.791. The van der Waals surface area contributed by atoms with Gasteiger partial charge in [-0.3, -0.25) is 9.69 Å². The van der Waals surface area contributed by atoms with Crippen LogP contribution in [0.3, 0.4) is 0 Å². The van der Waals surface area contributed by atoms with E-state index in [4.69, 9.17) is 9.47 Å². The summed E-state index contributed by atoms with van der Waals surface area (Å²) in [6.07, 6.45) is 3.67. The molecule has 8 nitrogen and oxygen atoms in total. The third-order valence-electron chi connectivity index (χ3n) is 5.67. The van der Waals surface area contributed by atoms with Crippen LogP contribution in [0.15, 0.2) is 0 Å². The Labute approximate surface area is 149 Å². The van der Waals surface area contributed by atoms with Crippen molar-refractivity contribution >= 4 is 15.9 Å². The van der Waals surface area contributed by atoms with E-state index in [0.717, 1.165) is 6.54 Å². The highest BCUT2D eigenvalue weighted by Crippen LogP contribution is 2.36. The van der Waals surface area contributed by atoms with Crippen molar-refractivity contribution in [3.63, 3.8) is 0 Å². The lowest BCUT2D eigenvalue weighted by molar-refractivity contribution is -0.190. The van der Waals surface area contributed by atoms with Crippen molar-refractivity contribution in [2.45, 2.75) is 24.5 Å². The first kappa shape index (κ1) is 17.7. The molecule has 1 amide bonds. The number of amides is 1. The second kappa shape index (κ2) is 6.45. The van der Waals surface area contributed by atoms with E-state index in [1.54, 1.807) is 0 Å². The number of hydrogen-bond acceptors (Lipinski definition) is 6. The molecular formula is C16H27N3O5S. The summed E-state index contributed by atoms with van der Waals surface area (Å²) in [6.45, 7) is 5.14. The third kappa shape index (κ3) is 3.71. The molecule has 9 heteroatoms. The van der Waals surface area contributed by atoms with Gasteiger partial charge < -0.3 is 14.4 Å². The Morgan fingerprint density at radius 2 is 1.84 bits per heavy atom. The zero-order chi connectivity index (χ0) is 17.7. The Morgan fingerprint density at radius 3 is 2.44 bits per heavy atom. The summed E-state index contributed by atoms with van der Waals surface area (Å²) in [5, 5.41) is 0. The van der Waals surface area contributed by atoms with E-state index in [1.807, 2.05) is 4.90 Å². The van der Waals surface area contributed by atoms with Gasteiger partial charge in [-0.15, -0.1) is 0 Å². The van der Waals surface area contributed by atoms with Crippen molar-refractivity contribution in [1.82, 2.24) is 14.1 Å². The first-order valence-electron chi connectivity index (χ1n) is 9.06. The van der Waals surface area contributed by atoms with E-state index in [0.29, 0.717) is 58.5 Å². The second-order valence-electron chi connectivity index (χ2n) is 7.85. The Hall–Kier alpha value is -0.740. The number of carbonyl (C=O) groups excluding carboxylic acids is 1. The Morgan fingerprint density at radius 1 is 1.16 bits per heavy atom. The van der Waals surface area contributed by atoms with Gasteiger partial charge in [-0.2, -0.15) is 4.31 Å². The first-order chi connectivity index (χ1) is 11.9. The van der Waals surface area contributed by atoms with E-state index in [2.05, 4.69) is 4.90 Å². The van der Waals surface area contributed by atoms with Crippen LogP contribution in [0.25, 0.3) is 0 Å². The highest BCUT2D eigenvalue weighted by atomic mass is 32.2.